The van der Waals surface area contributed by atoms with Crippen LogP contribution in [-0.4, -0.2) is 58.5 Å². The summed E-state index contributed by atoms with van der Waals surface area (Å²) in [7, 11) is 0. The van der Waals surface area contributed by atoms with E-state index in [0.29, 0.717) is 25.1 Å². The van der Waals surface area contributed by atoms with Gasteiger partial charge in [0.1, 0.15) is 0 Å². The van der Waals surface area contributed by atoms with Gasteiger partial charge in [0.05, 0.1) is 5.60 Å². The molecular weight excluding hydrogens is 340 g/mol. The number of likely N-dealkylation sites (tertiary alicyclic amines) is 2. The van der Waals surface area contributed by atoms with Crippen LogP contribution in [0.3, 0.4) is 0 Å². The van der Waals surface area contributed by atoms with Crippen molar-refractivity contribution in [1.82, 2.24) is 9.80 Å². The largest absolute Gasteiger partial charge is 0.390 e. The fraction of sp³-hybridized carbons (Fsp3) is 0.636. The smallest absolute Gasteiger partial charge is 0.253 e. The molecule has 0 aromatic heterocycles. The lowest BCUT2D eigenvalue weighted by Gasteiger charge is -2.33. The van der Waals surface area contributed by atoms with E-state index < -0.39 is 5.60 Å². The van der Waals surface area contributed by atoms with E-state index in [1.54, 1.807) is 0 Å². The molecule has 0 radical (unpaired) electrons. The van der Waals surface area contributed by atoms with E-state index >= 15 is 0 Å². The van der Waals surface area contributed by atoms with Crippen LogP contribution >= 0.6 is 0 Å². The SMILES string of the molecule is CC(C)(O)CCc1ccc(C(=O)N2CCC(C(=O)N3CCCC3)CC2)cc1. The highest BCUT2D eigenvalue weighted by atomic mass is 16.3. The van der Waals surface area contributed by atoms with Gasteiger partial charge in [0.15, 0.2) is 0 Å². The number of carbonyl (C=O) groups excluding carboxylic acids is 2. The van der Waals surface area contributed by atoms with Crippen LogP contribution in [0.5, 0.6) is 0 Å². The highest BCUT2D eigenvalue weighted by molar-refractivity contribution is 5.94. The fourth-order valence-corrected chi connectivity index (χ4v) is 3.97. The maximum Gasteiger partial charge on any atom is 0.253 e. The summed E-state index contributed by atoms with van der Waals surface area (Å²) in [5.41, 5.74) is 1.15. The van der Waals surface area contributed by atoms with Gasteiger partial charge in [-0.05, 0) is 70.1 Å². The third kappa shape index (κ3) is 5.32. The number of hydrogen-bond donors (Lipinski definition) is 1. The highest BCUT2D eigenvalue weighted by Gasteiger charge is 2.31. The molecule has 2 fully saturated rings. The van der Waals surface area contributed by atoms with Gasteiger partial charge in [-0.3, -0.25) is 9.59 Å². The number of piperidine rings is 1. The van der Waals surface area contributed by atoms with Crippen molar-refractivity contribution >= 4 is 11.8 Å². The van der Waals surface area contributed by atoms with Gasteiger partial charge in [0.25, 0.3) is 5.91 Å². The Hall–Kier alpha value is -1.88. The van der Waals surface area contributed by atoms with E-state index in [1.165, 1.54) is 0 Å². The minimum Gasteiger partial charge on any atom is -0.390 e. The Morgan fingerprint density at radius 2 is 1.59 bits per heavy atom. The summed E-state index contributed by atoms with van der Waals surface area (Å²) >= 11 is 0. The number of rotatable bonds is 5. The third-order valence-electron chi connectivity index (χ3n) is 5.78. The highest BCUT2D eigenvalue weighted by Crippen LogP contribution is 2.23. The van der Waals surface area contributed by atoms with Crippen LogP contribution in [0.4, 0.5) is 0 Å². The number of amides is 2. The predicted molar refractivity (Wildman–Crippen MR) is 106 cm³/mol. The second kappa shape index (κ2) is 8.42. The topological polar surface area (TPSA) is 60.9 Å². The third-order valence-corrected chi connectivity index (χ3v) is 5.78. The standard InChI is InChI=1S/C22H32N2O3/c1-22(2,27)12-9-17-5-7-18(8-6-17)20(25)24-15-10-19(11-16-24)21(26)23-13-3-4-14-23/h5-8,19,27H,3-4,9-16H2,1-2H3. The van der Waals surface area contributed by atoms with Crippen molar-refractivity contribution in [3.8, 4) is 0 Å². The normalized spacial score (nSPS) is 18.8. The minimum absolute atomic E-state index is 0.0520. The number of hydrogen-bond acceptors (Lipinski definition) is 3. The lowest BCUT2D eigenvalue weighted by atomic mass is 9.94. The van der Waals surface area contributed by atoms with E-state index in [9.17, 15) is 14.7 Å². The van der Waals surface area contributed by atoms with Crippen LogP contribution in [0.1, 0.15) is 61.9 Å². The first-order chi connectivity index (χ1) is 12.8. The molecule has 0 bridgehead atoms. The minimum atomic E-state index is -0.675. The quantitative estimate of drug-likeness (QED) is 0.865. The molecule has 1 aromatic carbocycles. The Bertz CT molecular complexity index is 649. The Morgan fingerprint density at radius 3 is 2.15 bits per heavy atom. The van der Waals surface area contributed by atoms with Crippen molar-refractivity contribution in [3.63, 3.8) is 0 Å². The molecule has 5 heteroatoms. The monoisotopic (exact) mass is 372 g/mol. The summed E-state index contributed by atoms with van der Waals surface area (Å²) in [5, 5.41) is 9.83. The number of benzene rings is 1. The lowest BCUT2D eigenvalue weighted by Crippen LogP contribution is -2.43. The fourth-order valence-electron chi connectivity index (χ4n) is 3.97. The number of carbonyl (C=O) groups is 2. The maximum absolute atomic E-state index is 12.8. The number of nitrogens with zero attached hydrogens (tertiary/aromatic N) is 2. The second-order valence-electron chi connectivity index (χ2n) is 8.61. The molecule has 2 heterocycles. The van der Waals surface area contributed by atoms with Crippen LogP contribution < -0.4 is 0 Å². The molecule has 2 aliphatic rings. The summed E-state index contributed by atoms with van der Waals surface area (Å²) < 4.78 is 0. The van der Waals surface area contributed by atoms with Crippen LogP contribution in [0.25, 0.3) is 0 Å². The first-order valence-electron chi connectivity index (χ1n) is 10.2. The number of aliphatic hydroxyl groups is 1. The Morgan fingerprint density at radius 1 is 1.00 bits per heavy atom. The van der Waals surface area contributed by atoms with Crippen molar-refractivity contribution in [2.24, 2.45) is 5.92 Å². The molecule has 0 aliphatic carbocycles. The summed E-state index contributed by atoms with van der Waals surface area (Å²) in [6.45, 7) is 6.73. The van der Waals surface area contributed by atoms with Crippen LogP contribution in [-0.2, 0) is 11.2 Å². The van der Waals surface area contributed by atoms with Gasteiger partial charge < -0.3 is 14.9 Å². The summed E-state index contributed by atoms with van der Waals surface area (Å²) in [5.74, 6) is 0.420. The summed E-state index contributed by atoms with van der Waals surface area (Å²) in [6.07, 6.45) is 5.26. The van der Waals surface area contributed by atoms with Gasteiger partial charge in [-0.2, -0.15) is 0 Å². The first-order valence-corrected chi connectivity index (χ1v) is 10.2. The van der Waals surface area contributed by atoms with Crippen LogP contribution in [0.2, 0.25) is 0 Å². The lowest BCUT2D eigenvalue weighted by molar-refractivity contribution is -0.135. The molecule has 2 saturated heterocycles. The Balaban J connectivity index is 1.50. The first kappa shape index (κ1) is 19.9. The zero-order chi connectivity index (χ0) is 19.4. The molecule has 2 aliphatic heterocycles. The zero-order valence-corrected chi connectivity index (χ0v) is 16.6. The van der Waals surface area contributed by atoms with Crippen molar-refractivity contribution in [2.45, 2.75) is 58.0 Å². The average Bonchev–Trinajstić information content (AvgIpc) is 3.20. The van der Waals surface area contributed by atoms with Crippen LogP contribution in [0.15, 0.2) is 24.3 Å². The molecule has 3 rings (SSSR count). The Kier molecular flexibility index (Phi) is 6.20. The Labute approximate surface area is 162 Å². The molecular formula is C22H32N2O3. The van der Waals surface area contributed by atoms with Gasteiger partial charge in [-0.1, -0.05) is 12.1 Å². The zero-order valence-electron chi connectivity index (χ0n) is 16.6. The maximum atomic E-state index is 12.8. The predicted octanol–water partition coefficient (Wildman–Crippen LogP) is 2.86. The molecule has 1 aromatic rings. The second-order valence-corrected chi connectivity index (χ2v) is 8.61. The van der Waals surface area contributed by atoms with Gasteiger partial charge in [-0.15, -0.1) is 0 Å². The average molecular weight is 373 g/mol. The van der Waals surface area contributed by atoms with E-state index in [1.807, 2.05) is 47.9 Å². The molecule has 0 spiro atoms. The molecule has 0 atom stereocenters. The molecule has 27 heavy (non-hydrogen) atoms. The van der Waals surface area contributed by atoms with Gasteiger partial charge in [0.2, 0.25) is 5.91 Å². The van der Waals surface area contributed by atoms with Gasteiger partial charge >= 0.3 is 0 Å². The summed E-state index contributed by atoms with van der Waals surface area (Å²) in [4.78, 5) is 29.1. The molecule has 2 amide bonds. The molecule has 148 valence electrons. The van der Waals surface area contributed by atoms with E-state index in [2.05, 4.69) is 0 Å². The van der Waals surface area contributed by atoms with Gasteiger partial charge in [0, 0.05) is 37.7 Å². The van der Waals surface area contributed by atoms with Crippen molar-refractivity contribution in [3.05, 3.63) is 35.4 Å². The molecule has 0 unspecified atom stereocenters. The van der Waals surface area contributed by atoms with Crippen molar-refractivity contribution in [2.75, 3.05) is 26.2 Å². The molecule has 0 saturated carbocycles. The number of aryl methyl sites for hydroxylation is 1. The van der Waals surface area contributed by atoms with Crippen LogP contribution in [0, 0.1) is 5.92 Å². The van der Waals surface area contributed by atoms with E-state index in [-0.39, 0.29) is 17.7 Å². The van der Waals surface area contributed by atoms with Crippen molar-refractivity contribution in [1.29, 1.82) is 0 Å². The van der Waals surface area contributed by atoms with Crippen molar-refractivity contribution < 1.29 is 14.7 Å². The molecule has 1 N–H and O–H groups in total. The molecule has 5 nitrogen and oxygen atoms in total. The van der Waals surface area contributed by atoms with E-state index in [4.69, 9.17) is 0 Å². The van der Waals surface area contributed by atoms with Gasteiger partial charge in [-0.25, -0.2) is 0 Å². The van der Waals surface area contributed by atoms with E-state index in [0.717, 1.165) is 50.8 Å². The summed E-state index contributed by atoms with van der Waals surface area (Å²) in [6, 6.07) is 7.71.